The number of ether oxygens (including phenoxy) is 1. The second kappa shape index (κ2) is 7.66. The summed E-state index contributed by atoms with van der Waals surface area (Å²) in [5.41, 5.74) is 3.09. The van der Waals surface area contributed by atoms with Gasteiger partial charge in [-0.2, -0.15) is 0 Å². The Morgan fingerprint density at radius 2 is 1.87 bits per heavy atom. The van der Waals surface area contributed by atoms with E-state index in [-0.39, 0.29) is 5.75 Å². The highest BCUT2D eigenvalue weighted by molar-refractivity contribution is 5.63. The molecule has 30 heavy (non-hydrogen) atoms. The van der Waals surface area contributed by atoms with Gasteiger partial charge < -0.3 is 9.26 Å². The third-order valence-corrected chi connectivity index (χ3v) is 4.31. The van der Waals surface area contributed by atoms with Gasteiger partial charge in [-0.25, -0.2) is 9.67 Å². The van der Waals surface area contributed by atoms with E-state index in [0.717, 1.165) is 11.1 Å². The van der Waals surface area contributed by atoms with E-state index in [1.165, 1.54) is 24.3 Å². The van der Waals surface area contributed by atoms with E-state index in [1.54, 1.807) is 10.7 Å². The van der Waals surface area contributed by atoms with Crippen LogP contribution in [0.2, 0.25) is 0 Å². The average Bonchev–Trinajstić information content (AvgIpc) is 3.29. The minimum atomic E-state index is -4.74. The lowest BCUT2D eigenvalue weighted by molar-refractivity contribution is -0.274. The summed E-state index contributed by atoms with van der Waals surface area (Å²) in [6.07, 6.45) is -4.74. The van der Waals surface area contributed by atoms with E-state index in [4.69, 9.17) is 4.52 Å². The minimum absolute atomic E-state index is 0.310. The maximum atomic E-state index is 12.3. The van der Waals surface area contributed by atoms with Crippen LogP contribution in [0.3, 0.4) is 0 Å². The van der Waals surface area contributed by atoms with Crippen molar-refractivity contribution < 1.29 is 22.4 Å². The largest absolute Gasteiger partial charge is 0.573 e. The number of halogens is 3. The second-order valence-electron chi connectivity index (χ2n) is 6.68. The van der Waals surface area contributed by atoms with E-state index >= 15 is 0 Å². The average molecular weight is 413 g/mol. The van der Waals surface area contributed by atoms with Gasteiger partial charge in [-0.15, -0.1) is 18.3 Å². The Morgan fingerprint density at radius 1 is 1.10 bits per heavy atom. The lowest BCUT2D eigenvalue weighted by atomic mass is 10.1. The molecule has 0 saturated carbocycles. The second-order valence-corrected chi connectivity index (χ2v) is 6.68. The van der Waals surface area contributed by atoms with E-state index in [2.05, 4.69) is 26.0 Å². The minimum Gasteiger partial charge on any atom is -0.406 e. The van der Waals surface area contributed by atoms with Gasteiger partial charge in [0, 0.05) is 11.6 Å². The Hall–Kier alpha value is -3.62. The Balaban J connectivity index is 1.53. The predicted molar refractivity (Wildman–Crippen MR) is 101 cm³/mol. The van der Waals surface area contributed by atoms with Crippen LogP contribution in [0.4, 0.5) is 13.2 Å². The number of nitrogens with zero attached hydrogens (tertiary/aromatic N) is 4. The first-order chi connectivity index (χ1) is 14.3. The molecule has 4 rings (SSSR count). The maximum absolute atomic E-state index is 12.3. The van der Waals surface area contributed by atoms with Gasteiger partial charge >= 0.3 is 6.36 Å². The molecule has 2 aromatic heterocycles. The van der Waals surface area contributed by atoms with Gasteiger partial charge in [-0.1, -0.05) is 28.9 Å². The topological polar surface area (TPSA) is 66.0 Å². The molecule has 6 nitrogen and oxygen atoms in total. The molecule has 0 aliphatic rings. The molecule has 4 aromatic rings. The summed E-state index contributed by atoms with van der Waals surface area (Å²) in [5.74, 6) is 1.17. The highest BCUT2D eigenvalue weighted by Gasteiger charge is 2.31. The maximum Gasteiger partial charge on any atom is 0.573 e. The van der Waals surface area contributed by atoms with E-state index in [0.29, 0.717) is 35.2 Å². The van der Waals surface area contributed by atoms with Crippen LogP contribution in [0.25, 0.3) is 22.8 Å². The third kappa shape index (κ3) is 4.51. The fourth-order valence-corrected chi connectivity index (χ4v) is 2.91. The number of rotatable bonds is 5. The molecule has 0 unspecified atom stereocenters. The van der Waals surface area contributed by atoms with Crippen LogP contribution >= 0.6 is 0 Å². The molecule has 0 atom stereocenters. The van der Waals surface area contributed by atoms with Crippen LogP contribution in [0, 0.1) is 19.9 Å². The number of benzene rings is 2. The normalized spacial score (nSPS) is 11.6. The first kappa shape index (κ1) is 19.7. The summed E-state index contributed by atoms with van der Waals surface area (Å²) < 4.78 is 47.8. The van der Waals surface area contributed by atoms with Crippen molar-refractivity contribution in [3.8, 4) is 28.6 Å². The van der Waals surface area contributed by atoms with Crippen molar-refractivity contribution in [3.63, 3.8) is 0 Å². The number of hydrogen-bond donors (Lipinski definition) is 0. The van der Waals surface area contributed by atoms with Gasteiger partial charge in [-0.05, 0) is 49.7 Å². The molecule has 153 valence electrons. The first-order valence-corrected chi connectivity index (χ1v) is 8.99. The molecule has 0 saturated heterocycles. The van der Waals surface area contributed by atoms with Crippen LogP contribution in [-0.2, 0) is 6.54 Å². The molecule has 2 aromatic carbocycles. The molecule has 2 heterocycles. The fraction of sp³-hybridized carbons (Fsp3) is 0.190. The lowest BCUT2D eigenvalue weighted by Gasteiger charge is -2.08. The van der Waals surface area contributed by atoms with Crippen molar-refractivity contribution in [2.24, 2.45) is 0 Å². The van der Waals surface area contributed by atoms with E-state index in [9.17, 15) is 13.2 Å². The Labute approximate surface area is 169 Å². The van der Waals surface area contributed by atoms with Crippen LogP contribution in [0.15, 0.2) is 53.1 Å². The SMILES string of the molecule is Cc1cc[c]c(Cn2nc(-c3cc(-c4ccc(OC(F)(F)F)cc4)on3)nc2C)c1. The van der Waals surface area contributed by atoms with Gasteiger partial charge in [-0.3, -0.25) is 0 Å². The van der Waals surface area contributed by atoms with Crippen molar-refractivity contribution in [2.75, 3.05) is 0 Å². The van der Waals surface area contributed by atoms with Gasteiger partial charge in [0.05, 0.1) is 6.54 Å². The molecule has 1 radical (unpaired) electrons. The standard InChI is InChI=1S/C21H16F3N4O2/c1-13-4-3-5-15(10-13)12-28-14(2)25-20(26-28)18-11-19(30-27-18)16-6-8-17(9-7-16)29-21(22,23)24/h3-4,6-11H,12H2,1-2H3. The molecule has 0 aliphatic heterocycles. The van der Waals surface area contributed by atoms with Crippen LogP contribution < -0.4 is 4.74 Å². The van der Waals surface area contributed by atoms with Crippen LogP contribution in [0.1, 0.15) is 17.0 Å². The zero-order chi connectivity index (χ0) is 21.3. The molecule has 0 N–H and O–H groups in total. The quantitative estimate of drug-likeness (QED) is 0.463. The van der Waals surface area contributed by atoms with Crippen molar-refractivity contribution in [1.29, 1.82) is 0 Å². The molecular formula is C21H16F3N4O2. The van der Waals surface area contributed by atoms with Crippen LogP contribution in [0.5, 0.6) is 5.75 Å². The smallest absolute Gasteiger partial charge is 0.406 e. The number of aryl methyl sites for hydroxylation is 2. The monoisotopic (exact) mass is 413 g/mol. The third-order valence-electron chi connectivity index (χ3n) is 4.31. The number of hydrogen-bond acceptors (Lipinski definition) is 5. The van der Waals surface area contributed by atoms with Gasteiger partial charge in [0.25, 0.3) is 0 Å². The van der Waals surface area contributed by atoms with E-state index in [1.807, 2.05) is 32.0 Å². The molecule has 0 fully saturated rings. The zero-order valence-corrected chi connectivity index (χ0v) is 16.1. The molecular weight excluding hydrogens is 397 g/mol. The van der Waals surface area contributed by atoms with Crippen molar-refractivity contribution >= 4 is 0 Å². The van der Waals surface area contributed by atoms with Gasteiger partial charge in [0.1, 0.15) is 11.6 Å². The Morgan fingerprint density at radius 3 is 2.57 bits per heavy atom. The molecule has 9 heteroatoms. The van der Waals surface area contributed by atoms with Crippen molar-refractivity contribution in [2.45, 2.75) is 26.8 Å². The van der Waals surface area contributed by atoms with Gasteiger partial charge in [0.15, 0.2) is 11.5 Å². The highest BCUT2D eigenvalue weighted by Crippen LogP contribution is 2.28. The zero-order valence-electron chi connectivity index (χ0n) is 16.1. The molecule has 0 amide bonds. The summed E-state index contributed by atoms with van der Waals surface area (Å²) in [7, 11) is 0. The molecule has 0 spiro atoms. The lowest BCUT2D eigenvalue weighted by Crippen LogP contribution is -2.16. The highest BCUT2D eigenvalue weighted by atomic mass is 19.4. The summed E-state index contributed by atoms with van der Waals surface area (Å²) in [6.45, 7) is 4.37. The Kier molecular flexibility index (Phi) is 5.03. The number of aromatic nitrogens is 4. The Bertz CT molecular complexity index is 1160. The summed E-state index contributed by atoms with van der Waals surface area (Å²) >= 11 is 0. The predicted octanol–water partition coefficient (Wildman–Crippen LogP) is 4.96. The summed E-state index contributed by atoms with van der Waals surface area (Å²) in [4.78, 5) is 4.43. The fourth-order valence-electron chi connectivity index (χ4n) is 2.91. The van der Waals surface area contributed by atoms with Crippen molar-refractivity contribution in [3.05, 3.63) is 71.5 Å². The van der Waals surface area contributed by atoms with Crippen molar-refractivity contribution in [1.82, 2.24) is 19.9 Å². The number of alkyl halides is 3. The summed E-state index contributed by atoms with van der Waals surface area (Å²) in [6, 6.07) is 16.0. The summed E-state index contributed by atoms with van der Waals surface area (Å²) in [5, 5.41) is 8.47. The van der Waals surface area contributed by atoms with Gasteiger partial charge in [0.2, 0.25) is 5.82 Å². The first-order valence-electron chi connectivity index (χ1n) is 8.99. The molecule has 0 bridgehead atoms. The van der Waals surface area contributed by atoms with E-state index < -0.39 is 6.36 Å². The molecule has 0 aliphatic carbocycles. The van der Waals surface area contributed by atoms with Crippen LogP contribution in [-0.4, -0.2) is 26.3 Å².